The number of aliphatic carboxylic acids is 2. The molecule has 780 valence electrons. The predicted molar refractivity (Wildman–Crippen MR) is 508 cm³/mol. The van der Waals surface area contributed by atoms with Gasteiger partial charge in [-0.3, -0.25) is 47.9 Å². The van der Waals surface area contributed by atoms with Crippen LogP contribution in [0.15, 0.2) is 109 Å². The highest BCUT2D eigenvalue weighted by Crippen LogP contribution is 2.53. The van der Waals surface area contributed by atoms with Gasteiger partial charge in [-0.05, 0) is 142 Å². The number of hydrogen-bond donors (Lipinski definition) is 14. The summed E-state index contributed by atoms with van der Waals surface area (Å²) in [4.78, 5) is 205. The number of allylic oxidation sites excluding steroid dienone is 2. The lowest BCUT2D eigenvalue weighted by Crippen LogP contribution is -2.57. The molecule has 4 heterocycles. The van der Waals surface area contributed by atoms with E-state index in [1.807, 2.05) is 0 Å². The van der Waals surface area contributed by atoms with Crippen molar-refractivity contribution in [3.63, 3.8) is 0 Å². The van der Waals surface area contributed by atoms with Gasteiger partial charge < -0.3 is 130 Å². The second kappa shape index (κ2) is 52.7. The number of carbonyl (C=O) groups excluding carboxylic acids is 13. The number of nitrogens with zero attached hydrogens (tertiary/aromatic N) is 4. The van der Waals surface area contributed by atoms with E-state index < -0.39 is 212 Å². The highest BCUT2D eigenvalue weighted by Gasteiger charge is 2.51. The number of aliphatic hydroxyl groups excluding tert-OH is 2. The third-order valence-corrected chi connectivity index (χ3v) is 25.3. The van der Waals surface area contributed by atoms with Gasteiger partial charge in [0.15, 0.2) is 35.5 Å². The zero-order valence-electron chi connectivity index (χ0n) is 80.9. The Morgan fingerprint density at radius 2 is 0.888 bits per heavy atom. The van der Waals surface area contributed by atoms with Crippen LogP contribution in [0.5, 0.6) is 23.0 Å². The fourth-order valence-corrected chi connectivity index (χ4v) is 17.3. The molecule has 143 heavy (non-hydrogen) atoms. The van der Waals surface area contributed by atoms with Crippen LogP contribution >= 0.6 is 0 Å². The number of benzene rings is 4. The molecule has 10 rings (SSSR count). The average molecular weight is 2020 g/mol. The van der Waals surface area contributed by atoms with Gasteiger partial charge in [0.1, 0.15) is 62.7 Å². The van der Waals surface area contributed by atoms with E-state index in [0.717, 1.165) is 35.5 Å². The molecule has 47 nitrogen and oxygen atoms in total. The van der Waals surface area contributed by atoms with Gasteiger partial charge in [-0.15, -0.1) is 0 Å². The molecule has 0 bridgehead atoms. The van der Waals surface area contributed by atoms with Crippen LogP contribution in [0.3, 0.4) is 0 Å². The second-order valence-electron chi connectivity index (χ2n) is 35.4. The number of methoxy groups -OCH3 is 3. The second-order valence-corrected chi connectivity index (χ2v) is 36.9. The Kier molecular flexibility index (Phi) is 40.9. The quantitative estimate of drug-likeness (QED) is 0.0150. The van der Waals surface area contributed by atoms with Crippen LogP contribution in [0.25, 0.3) is 0 Å². The van der Waals surface area contributed by atoms with Crippen molar-refractivity contribution in [1.29, 1.82) is 0 Å². The number of nitrogens with one attached hydrogen (secondary N) is 10. The molecule has 1 unspecified atom stereocenters. The first kappa shape index (κ1) is 111. The van der Waals surface area contributed by atoms with E-state index in [9.17, 15) is 101 Å². The summed E-state index contributed by atoms with van der Waals surface area (Å²) in [5.74, 6) is -8.55. The topological polar surface area (TPSA) is 615 Å². The average Bonchev–Trinajstić information content (AvgIpc) is 1.60. The lowest BCUT2D eigenvalue weighted by Gasteiger charge is -2.31. The number of carboxylic acid groups (broad SMARTS) is 2. The molecule has 0 radical (unpaired) electrons. The van der Waals surface area contributed by atoms with Crippen LogP contribution in [0.4, 0.5) is 46.7 Å². The number of hydrogen-bond acceptors (Lipinski definition) is 31. The molecule has 4 aliphatic heterocycles. The summed E-state index contributed by atoms with van der Waals surface area (Å²) in [6.45, 7) is 15.6. The number of carboxylic acids is 2. The standard InChI is InChI=1S/C95H126N14O33S/c1-52(2)79(103-83(116)67(27-29-77(110)111)101-91(124)138-39-37-134-34-31-96-143(129,130)105-93(126)140-51-66-62-17-14-12-13-15-18-63(62)66)85(118)97-56(7)81(114)99-60-23-19-58(20-24-60)49-141-94(127)108-69-45-75(73(132-10)43-64(69)87(120)106-47-54(5)41-71(106)89(108)122)136-32-16-33-137-76-46-70-65(44-74(76)133-11)88(121)107-48-55(6)42-72(107)90(123)109(70)95(128)142-50-59-21-25-61(26-22-59)100-82(115)57(8)98-86(119)80(53(3)4)104-84(117)68(28-30-78(112)113)102-92(125)139-40-38-135-36-35-131-9/h12-13,19-26,43-46,52-53,56-57,62-63,66-68,71-72,79-80,89-90,96,122-123H,5-6,14-18,27-42,47-51H2,1-4,7-11H3,(H,97,118)(H,98,119)(H,99,114)(H,100,115)(H,101,124)(H,102,125)(H,103,116)(H,104,117)(H,105,126)(H,110,111)(H,112,113)/b13-12-/t56-,57-,62-,63+,66?,67-,68-,71-,72-,79-,80-,89-,90-/m0/s1. The summed E-state index contributed by atoms with van der Waals surface area (Å²) < 4.78 is 95.3. The molecule has 4 aromatic carbocycles. The first-order valence-electron chi connectivity index (χ1n) is 46.7. The normalized spacial score (nSPS) is 19.3. The number of fused-ring (bicyclic) bond motifs is 5. The molecule has 0 spiro atoms. The number of amides is 13. The SMILES string of the molecule is C=C1C[C@H]2[C@H](O)N(C(=O)OCc3ccc(NC(=O)[C@H](C)NC(=O)[C@@H](NC(=O)[C@H](CCC(=O)O)NC(=O)OCCOCCNS(=O)(=O)NC(=O)OCC4[C@H]5CC/C=C\CC[C@@H]45)C(C)C)cc3)c3cc(OCCCOc4cc5c(cc4OC)C(=O)N4CC(=C)C[C@H]4[C@H](O)N5C(=O)OCc4ccc(NC(=O)[C@H](C)NC(=O)[C@@H](NC(=O)[C@H](CCC(=O)O)NC(=O)OCCOCCOC)C(C)C)cc4)c(OC)cc3C(=O)N2C1. The monoisotopic (exact) mass is 2020 g/mol. The van der Waals surface area contributed by atoms with Crippen molar-refractivity contribution >= 4 is 123 Å². The minimum atomic E-state index is -4.31. The molecule has 48 heteroatoms. The molecule has 13 atom stereocenters. The minimum absolute atomic E-state index is 0.0106. The number of aliphatic hydroxyl groups is 2. The zero-order valence-corrected chi connectivity index (χ0v) is 81.7. The first-order chi connectivity index (χ1) is 68.2. The molecule has 13 amide bonds. The Morgan fingerprint density at radius 1 is 0.476 bits per heavy atom. The highest BCUT2D eigenvalue weighted by atomic mass is 32.2. The van der Waals surface area contributed by atoms with Crippen molar-refractivity contribution in [2.24, 2.45) is 29.6 Å². The number of ether oxygens (including phenoxy) is 12. The molecule has 4 aromatic rings. The largest absolute Gasteiger partial charge is 0.493 e. The molecule has 3 fully saturated rings. The molecule has 1 saturated carbocycles. The summed E-state index contributed by atoms with van der Waals surface area (Å²) in [5, 5.41) is 63.3. The minimum Gasteiger partial charge on any atom is -0.493 e. The van der Waals surface area contributed by atoms with E-state index in [1.54, 1.807) is 32.4 Å². The van der Waals surface area contributed by atoms with Crippen molar-refractivity contribution in [3.05, 3.63) is 132 Å². The zero-order chi connectivity index (χ0) is 104. The Bertz CT molecular complexity index is 5270. The van der Waals surface area contributed by atoms with E-state index in [0.29, 0.717) is 40.7 Å². The number of anilines is 4. The van der Waals surface area contributed by atoms with E-state index in [2.05, 4.69) is 72.6 Å². The third-order valence-electron chi connectivity index (χ3n) is 24.3. The molecule has 14 N–H and O–H groups in total. The van der Waals surface area contributed by atoms with Gasteiger partial charge in [-0.1, -0.05) is 88.4 Å². The van der Waals surface area contributed by atoms with Gasteiger partial charge in [0.2, 0.25) is 35.4 Å². The Morgan fingerprint density at radius 3 is 1.29 bits per heavy atom. The van der Waals surface area contributed by atoms with Crippen LogP contribution in [0.2, 0.25) is 0 Å². The van der Waals surface area contributed by atoms with Crippen LogP contribution < -0.4 is 80.7 Å². The van der Waals surface area contributed by atoms with Crippen molar-refractivity contribution in [2.75, 3.05) is 127 Å². The van der Waals surface area contributed by atoms with Gasteiger partial charge in [-0.25, -0.2) is 38.5 Å². The van der Waals surface area contributed by atoms with Crippen molar-refractivity contribution in [1.82, 2.24) is 51.1 Å². The Hall–Kier alpha value is -13.9. The van der Waals surface area contributed by atoms with Gasteiger partial charge >= 0.3 is 52.6 Å². The summed E-state index contributed by atoms with van der Waals surface area (Å²) in [7, 11) is -0.162. The van der Waals surface area contributed by atoms with Gasteiger partial charge in [0.05, 0.1) is 102 Å². The van der Waals surface area contributed by atoms with E-state index in [1.165, 1.54) is 118 Å². The molecule has 2 saturated heterocycles. The predicted octanol–water partition coefficient (Wildman–Crippen LogP) is 5.36. The maximum absolute atomic E-state index is 14.6. The highest BCUT2D eigenvalue weighted by molar-refractivity contribution is 7.88. The third kappa shape index (κ3) is 31.5. The summed E-state index contributed by atoms with van der Waals surface area (Å²) >= 11 is 0. The smallest absolute Gasteiger partial charge is 0.421 e. The maximum atomic E-state index is 14.6. The van der Waals surface area contributed by atoms with Gasteiger partial charge in [0.25, 0.3) is 11.8 Å². The summed E-state index contributed by atoms with van der Waals surface area (Å²) in [5.41, 5.74) is 2.12. The first-order valence-corrected chi connectivity index (χ1v) is 48.1. The van der Waals surface area contributed by atoms with Crippen LogP contribution in [0, 0.1) is 29.6 Å². The van der Waals surface area contributed by atoms with Gasteiger partial charge in [0, 0.05) is 69.5 Å². The van der Waals surface area contributed by atoms with E-state index in [-0.39, 0.29) is 161 Å². The molecular weight excluding hydrogens is 1900 g/mol. The number of rotatable bonds is 50. The maximum Gasteiger partial charge on any atom is 0.421 e. The van der Waals surface area contributed by atoms with E-state index in [4.69, 9.17) is 56.8 Å². The van der Waals surface area contributed by atoms with E-state index >= 15 is 0 Å². The Labute approximate surface area is 825 Å². The van der Waals surface area contributed by atoms with Crippen LogP contribution in [-0.2, 0) is 99.7 Å². The lowest BCUT2D eigenvalue weighted by atomic mass is 10.0. The van der Waals surface area contributed by atoms with Crippen LogP contribution in [0.1, 0.15) is 144 Å². The van der Waals surface area contributed by atoms with Crippen molar-refractivity contribution in [2.45, 2.75) is 186 Å². The summed E-state index contributed by atoms with van der Waals surface area (Å²) in [6.07, 6.45) is -2.34. The fraction of sp³-hybridized carbons (Fsp3) is 0.526. The Balaban J connectivity index is 0.703. The fourth-order valence-electron chi connectivity index (χ4n) is 16.6. The number of alkyl carbamates (subject to hydrolysis) is 2. The van der Waals surface area contributed by atoms with Gasteiger partial charge in [-0.2, -0.15) is 13.1 Å². The molecular formula is C95H126N14O33S. The molecule has 6 aliphatic rings. The molecule has 2 aliphatic carbocycles. The number of carbonyl (C=O) groups is 15. The van der Waals surface area contributed by atoms with Crippen molar-refractivity contribution < 1.29 is 158 Å². The van der Waals surface area contributed by atoms with Crippen LogP contribution in [-0.4, -0.2) is 296 Å². The summed E-state index contributed by atoms with van der Waals surface area (Å²) in [6, 6.07) is 7.50. The van der Waals surface area contributed by atoms with Crippen molar-refractivity contribution in [3.8, 4) is 23.0 Å². The molecule has 0 aromatic heterocycles. The lowest BCUT2D eigenvalue weighted by molar-refractivity contribution is -0.138.